The lowest BCUT2D eigenvalue weighted by atomic mass is 9.70. The predicted octanol–water partition coefficient (Wildman–Crippen LogP) is 15.8. The van der Waals surface area contributed by atoms with E-state index < -0.39 is 5.41 Å². The molecule has 0 heterocycles. The maximum Gasteiger partial charge on any atom is 0.0727 e. The maximum atomic E-state index is 2.55. The Hall–Kier alpha value is -7.94. The highest BCUT2D eigenvalue weighted by Crippen LogP contribution is 2.66. The van der Waals surface area contributed by atoms with Crippen LogP contribution in [0.2, 0.25) is 0 Å². The van der Waals surface area contributed by atoms with E-state index in [0.717, 1.165) is 34.1 Å². The Morgan fingerprint density at radius 1 is 0.262 bits per heavy atom. The normalized spacial score (nSPS) is 13.0. The minimum Gasteiger partial charge on any atom is -0.310 e. The number of para-hydroxylation sites is 3. The van der Waals surface area contributed by atoms with E-state index in [-0.39, 0.29) is 0 Å². The number of benzene rings is 10. The molecule has 0 atom stereocenters. The van der Waals surface area contributed by atoms with E-state index in [1.165, 1.54) is 77.5 Å². The first kappa shape index (κ1) is 34.0. The second-order valence-electron chi connectivity index (χ2n) is 16.4. The van der Waals surface area contributed by atoms with E-state index in [1.54, 1.807) is 0 Å². The molecule has 0 N–H and O–H groups in total. The molecular weight excluding hydrogens is 737 g/mol. The molecule has 0 aromatic heterocycles. The molecule has 10 aromatic rings. The van der Waals surface area contributed by atoms with Crippen LogP contribution in [0.1, 0.15) is 22.3 Å². The van der Waals surface area contributed by atoms with Crippen molar-refractivity contribution >= 4 is 44.9 Å². The lowest BCUT2D eigenvalue weighted by molar-refractivity contribution is 0.793. The fourth-order valence-corrected chi connectivity index (χ4v) is 11.1. The van der Waals surface area contributed by atoms with Gasteiger partial charge in [0.25, 0.3) is 0 Å². The third-order valence-electron chi connectivity index (χ3n) is 13.4. The Labute approximate surface area is 355 Å². The summed E-state index contributed by atoms with van der Waals surface area (Å²) in [6.45, 7) is 0. The third-order valence-corrected chi connectivity index (χ3v) is 13.4. The Bertz CT molecular complexity index is 3260. The summed E-state index contributed by atoms with van der Waals surface area (Å²) in [6, 6.07) is 85.4. The molecule has 0 amide bonds. The molecule has 0 aliphatic heterocycles. The van der Waals surface area contributed by atoms with Crippen molar-refractivity contribution in [3.8, 4) is 44.5 Å². The average molecular weight is 775 g/mol. The zero-order chi connectivity index (χ0) is 40.1. The van der Waals surface area contributed by atoms with Gasteiger partial charge in [0, 0.05) is 33.7 Å². The number of hydrogen-bond donors (Lipinski definition) is 0. The molecule has 0 unspecified atom stereocenters. The summed E-state index contributed by atoms with van der Waals surface area (Å²) >= 11 is 0. The topological polar surface area (TPSA) is 6.48 Å². The van der Waals surface area contributed by atoms with Crippen LogP contribution in [0, 0.1) is 0 Å². The number of nitrogens with zero attached hydrogens (tertiary/aromatic N) is 2. The fraction of sp³-hybridized carbons (Fsp3) is 0.0169. The van der Waals surface area contributed by atoms with Gasteiger partial charge in [0.05, 0.1) is 16.8 Å². The van der Waals surface area contributed by atoms with Crippen molar-refractivity contribution in [3.05, 3.63) is 253 Å². The molecule has 0 bridgehead atoms. The van der Waals surface area contributed by atoms with Crippen molar-refractivity contribution in [2.75, 3.05) is 9.80 Å². The lowest BCUT2D eigenvalue weighted by Crippen LogP contribution is -2.26. The van der Waals surface area contributed by atoms with Gasteiger partial charge in [-0.1, -0.05) is 176 Å². The molecule has 1 spiro atoms. The highest BCUT2D eigenvalue weighted by Gasteiger charge is 2.53. The SMILES string of the molecule is c1ccc(N(c2ccccc2)c2cc(N(c3ccccc3)c3ccc4c5c(cccc35)-c3ccccc3-4)c3c(c2)C2(c4ccccc4-c4ccccc42)c2ccccc2-3)cc1. The molecule has 2 nitrogen and oxygen atoms in total. The van der Waals surface area contributed by atoms with Gasteiger partial charge in [0.15, 0.2) is 0 Å². The molecule has 284 valence electrons. The Morgan fingerprint density at radius 2 is 0.705 bits per heavy atom. The van der Waals surface area contributed by atoms with Crippen LogP contribution < -0.4 is 9.80 Å². The van der Waals surface area contributed by atoms with E-state index in [9.17, 15) is 0 Å². The van der Waals surface area contributed by atoms with Gasteiger partial charge in [-0.15, -0.1) is 0 Å². The standard InChI is InChI=1S/C59H38N2/c1-4-19-39(20-5-1)60(40-21-6-2-7-22-40)42-37-54-58(49-29-14-17-34-53(49)59(54)51-32-15-12-27-45(51)46-28-13-16-33-52(46)59)56(38-42)61(41-23-8-3-9-24-41)55-36-35-48-44-26-11-10-25-43(44)47-30-18-31-50(55)57(47)48/h1-38H. The zero-order valence-corrected chi connectivity index (χ0v) is 33.3. The molecule has 3 aliphatic carbocycles. The molecule has 61 heavy (non-hydrogen) atoms. The average Bonchev–Trinajstić information content (AvgIpc) is 3.94. The minimum absolute atomic E-state index is 0.547. The predicted molar refractivity (Wildman–Crippen MR) is 254 cm³/mol. The van der Waals surface area contributed by atoms with E-state index in [1.807, 2.05) is 0 Å². The van der Waals surface area contributed by atoms with Crippen molar-refractivity contribution in [1.29, 1.82) is 0 Å². The van der Waals surface area contributed by atoms with Crippen LogP contribution in [0.3, 0.4) is 0 Å². The summed E-state index contributed by atoms with van der Waals surface area (Å²) in [5, 5.41) is 2.54. The summed E-state index contributed by atoms with van der Waals surface area (Å²) in [7, 11) is 0. The van der Waals surface area contributed by atoms with Crippen LogP contribution in [-0.4, -0.2) is 0 Å². The van der Waals surface area contributed by atoms with Gasteiger partial charge in [0.1, 0.15) is 0 Å². The molecule has 0 fully saturated rings. The zero-order valence-electron chi connectivity index (χ0n) is 33.3. The third kappa shape index (κ3) is 4.67. The summed E-state index contributed by atoms with van der Waals surface area (Å²) < 4.78 is 0. The van der Waals surface area contributed by atoms with Crippen molar-refractivity contribution in [2.24, 2.45) is 0 Å². The van der Waals surface area contributed by atoms with Gasteiger partial charge in [-0.3, -0.25) is 0 Å². The van der Waals surface area contributed by atoms with Gasteiger partial charge in [-0.05, 0) is 121 Å². The van der Waals surface area contributed by atoms with Gasteiger partial charge in [-0.2, -0.15) is 0 Å². The smallest absolute Gasteiger partial charge is 0.0727 e. The fourth-order valence-electron chi connectivity index (χ4n) is 11.1. The van der Waals surface area contributed by atoms with Gasteiger partial charge in [-0.25, -0.2) is 0 Å². The van der Waals surface area contributed by atoms with Crippen LogP contribution in [-0.2, 0) is 5.41 Å². The molecule has 13 rings (SSSR count). The Balaban J connectivity index is 1.20. The van der Waals surface area contributed by atoms with Crippen molar-refractivity contribution in [3.63, 3.8) is 0 Å². The monoisotopic (exact) mass is 774 g/mol. The summed E-state index contributed by atoms with van der Waals surface area (Å²) in [5.74, 6) is 0. The van der Waals surface area contributed by atoms with Crippen molar-refractivity contribution in [2.45, 2.75) is 5.41 Å². The highest BCUT2D eigenvalue weighted by atomic mass is 15.2. The number of anilines is 6. The second-order valence-corrected chi connectivity index (χ2v) is 16.4. The summed E-state index contributed by atoms with van der Waals surface area (Å²) in [5.41, 5.74) is 21.7. The van der Waals surface area contributed by atoms with Crippen molar-refractivity contribution in [1.82, 2.24) is 0 Å². The Morgan fingerprint density at radius 3 is 1.28 bits per heavy atom. The largest absolute Gasteiger partial charge is 0.310 e. The molecular formula is C59H38N2. The second kappa shape index (κ2) is 13.0. The van der Waals surface area contributed by atoms with Gasteiger partial charge < -0.3 is 9.80 Å². The first-order chi connectivity index (χ1) is 30.3. The summed E-state index contributed by atoms with van der Waals surface area (Å²) in [4.78, 5) is 4.98. The van der Waals surface area contributed by atoms with Crippen LogP contribution in [0.4, 0.5) is 34.1 Å². The number of hydrogen-bond acceptors (Lipinski definition) is 2. The molecule has 0 saturated carbocycles. The van der Waals surface area contributed by atoms with E-state index in [4.69, 9.17) is 0 Å². The van der Waals surface area contributed by atoms with E-state index in [2.05, 4.69) is 240 Å². The van der Waals surface area contributed by atoms with Gasteiger partial charge in [0.2, 0.25) is 0 Å². The van der Waals surface area contributed by atoms with Crippen molar-refractivity contribution < 1.29 is 0 Å². The Kier molecular flexibility index (Phi) is 7.26. The first-order valence-corrected chi connectivity index (χ1v) is 21.2. The van der Waals surface area contributed by atoms with Gasteiger partial charge >= 0.3 is 0 Å². The maximum absolute atomic E-state index is 2.55. The first-order valence-electron chi connectivity index (χ1n) is 21.2. The minimum atomic E-state index is -0.547. The molecule has 0 radical (unpaired) electrons. The highest BCUT2D eigenvalue weighted by molar-refractivity contribution is 6.19. The van der Waals surface area contributed by atoms with E-state index in [0.29, 0.717) is 0 Å². The quantitative estimate of drug-likeness (QED) is 0.166. The molecule has 3 aliphatic rings. The number of fused-ring (bicyclic) bond motifs is 13. The molecule has 0 saturated heterocycles. The molecule has 2 heteroatoms. The number of rotatable bonds is 6. The van der Waals surface area contributed by atoms with Crippen LogP contribution >= 0.6 is 0 Å². The molecule has 10 aromatic carbocycles. The van der Waals surface area contributed by atoms with Crippen LogP contribution in [0.15, 0.2) is 231 Å². The lowest BCUT2D eigenvalue weighted by Gasteiger charge is -2.35. The summed E-state index contributed by atoms with van der Waals surface area (Å²) in [6.07, 6.45) is 0. The van der Waals surface area contributed by atoms with Crippen LogP contribution in [0.5, 0.6) is 0 Å². The van der Waals surface area contributed by atoms with Crippen LogP contribution in [0.25, 0.3) is 55.3 Å². The van der Waals surface area contributed by atoms with E-state index >= 15 is 0 Å².